The predicted molar refractivity (Wildman–Crippen MR) is 26.4 cm³/mol. The molecule has 0 N–H and O–H groups in total. The largest absolute Gasteiger partial charge is 0.364 e. The third kappa shape index (κ3) is 5.78. The first-order valence-corrected chi connectivity index (χ1v) is 2.32. The second-order valence-electron chi connectivity index (χ2n) is 0.810. The fourth-order valence-corrected chi connectivity index (χ4v) is 0.246. The molecule has 0 heterocycles. The van der Waals surface area contributed by atoms with Gasteiger partial charge < -0.3 is 4.18 Å². The third-order valence-corrected chi connectivity index (χ3v) is 0.658. The monoisotopic (exact) mass is 122 g/mol. The molecule has 0 bridgehead atoms. The maximum atomic E-state index is 9.88. The second kappa shape index (κ2) is 3.95. The van der Waals surface area contributed by atoms with Crippen LogP contribution in [0.15, 0.2) is 0 Å². The molecule has 0 aliphatic rings. The van der Waals surface area contributed by atoms with Gasteiger partial charge in [0.15, 0.2) is 0 Å². The molecule has 4 heteroatoms. The van der Waals surface area contributed by atoms with E-state index in [4.69, 9.17) is 0 Å². The van der Waals surface area contributed by atoms with Gasteiger partial charge in [-0.15, -0.1) is 0 Å². The van der Waals surface area contributed by atoms with Crippen LogP contribution in [0.4, 0.5) is 0 Å². The number of hydrogen-bond acceptors (Lipinski definition) is 4. The van der Waals surface area contributed by atoms with Crippen LogP contribution in [0.1, 0.15) is 6.92 Å². The van der Waals surface area contributed by atoms with Crippen molar-refractivity contribution in [3.8, 4) is 0 Å². The Morgan fingerprint density at radius 1 is 1.71 bits per heavy atom. The maximum absolute atomic E-state index is 9.88. The Bertz CT molecular complexity index is 63.2. The van der Waals surface area contributed by atoms with Crippen LogP contribution < -0.4 is 0 Å². The quantitative estimate of drug-likeness (QED) is 0.506. The molecule has 0 amide bonds. The van der Waals surface area contributed by atoms with Crippen molar-refractivity contribution in [3.05, 3.63) is 0 Å². The van der Waals surface area contributed by atoms with Gasteiger partial charge in [0.2, 0.25) is 12.3 Å². The van der Waals surface area contributed by atoms with Crippen molar-refractivity contribution >= 4 is 18.3 Å². The van der Waals surface area contributed by atoms with Crippen LogP contribution in [0.2, 0.25) is 0 Å². The van der Waals surface area contributed by atoms with Gasteiger partial charge in [0, 0.05) is 6.92 Å². The third-order valence-electron chi connectivity index (χ3n) is 0.219. The molecule has 0 rings (SSSR count). The van der Waals surface area contributed by atoms with E-state index >= 15 is 0 Å². The van der Waals surface area contributed by atoms with Gasteiger partial charge in [0.1, 0.15) is 0 Å². The molecule has 0 radical (unpaired) electrons. The maximum Gasteiger partial charge on any atom is 0.316 e. The number of carbonyl (C=O) groups excluding carboxylic acids is 1. The molecule has 0 atom stereocenters. The molecule has 0 unspecified atom stereocenters. The van der Waals surface area contributed by atoms with Gasteiger partial charge in [0.25, 0.3) is 0 Å². The molecule has 0 fully saturated rings. The van der Waals surface area contributed by atoms with E-state index in [1.54, 1.807) is 0 Å². The minimum Gasteiger partial charge on any atom is -0.364 e. The lowest BCUT2D eigenvalue weighted by atomic mass is 10.9. The van der Waals surface area contributed by atoms with Crippen LogP contribution in [0, 0.1) is 0 Å². The van der Waals surface area contributed by atoms with Crippen LogP contribution >= 0.6 is 12.3 Å². The SMILES string of the molecule is COSOC(C)=O. The van der Waals surface area contributed by atoms with E-state index in [0.29, 0.717) is 12.3 Å². The molecular formula is C3H6O3S. The van der Waals surface area contributed by atoms with Crippen LogP contribution in [0.25, 0.3) is 0 Å². The Hall–Kier alpha value is -0.220. The van der Waals surface area contributed by atoms with Crippen molar-refractivity contribution in [2.45, 2.75) is 6.92 Å². The molecule has 0 saturated carbocycles. The lowest BCUT2D eigenvalue weighted by molar-refractivity contribution is -0.130. The van der Waals surface area contributed by atoms with Gasteiger partial charge in [0.05, 0.1) is 7.11 Å². The first-order chi connectivity index (χ1) is 3.27. The Balaban J connectivity index is 2.82. The summed E-state index contributed by atoms with van der Waals surface area (Å²) in [7, 11) is 1.42. The van der Waals surface area contributed by atoms with Crippen LogP contribution in [-0.4, -0.2) is 13.1 Å². The highest BCUT2D eigenvalue weighted by molar-refractivity contribution is 7.90. The summed E-state index contributed by atoms with van der Waals surface area (Å²) in [6, 6.07) is 0. The Kier molecular flexibility index (Phi) is 3.83. The van der Waals surface area contributed by atoms with E-state index in [9.17, 15) is 4.79 Å². The van der Waals surface area contributed by atoms with Gasteiger partial charge in [-0.3, -0.25) is 8.98 Å². The first kappa shape index (κ1) is 6.78. The molecule has 3 nitrogen and oxygen atoms in total. The molecular weight excluding hydrogens is 116 g/mol. The number of carbonyl (C=O) groups is 1. The van der Waals surface area contributed by atoms with Crippen LogP contribution in [-0.2, 0) is 13.2 Å². The molecule has 0 spiro atoms. The van der Waals surface area contributed by atoms with Gasteiger partial charge in [-0.05, 0) is 0 Å². The van der Waals surface area contributed by atoms with Gasteiger partial charge in [-0.25, -0.2) is 0 Å². The minimum atomic E-state index is -0.355. The molecule has 0 aromatic carbocycles. The lowest BCUT2D eigenvalue weighted by Gasteiger charge is -1.90. The molecule has 0 aliphatic carbocycles. The van der Waals surface area contributed by atoms with Gasteiger partial charge in [-0.2, -0.15) is 0 Å². The summed E-state index contributed by atoms with van der Waals surface area (Å²) in [5.74, 6) is -0.355. The Morgan fingerprint density at radius 2 is 2.29 bits per heavy atom. The van der Waals surface area contributed by atoms with Crippen molar-refractivity contribution in [1.29, 1.82) is 0 Å². The smallest absolute Gasteiger partial charge is 0.316 e. The molecule has 7 heavy (non-hydrogen) atoms. The summed E-state index contributed by atoms with van der Waals surface area (Å²) in [6.45, 7) is 1.31. The molecule has 0 aliphatic heterocycles. The standard InChI is InChI=1S/C3H6O3S/c1-3(4)6-7-5-2/h1-2H3. The summed E-state index contributed by atoms with van der Waals surface area (Å²) in [6.07, 6.45) is 0. The van der Waals surface area contributed by atoms with E-state index in [1.807, 2.05) is 0 Å². The zero-order valence-electron chi connectivity index (χ0n) is 4.13. The van der Waals surface area contributed by atoms with Crippen LogP contribution in [0.5, 0.6) is 0 Å². The fourth-order valence-electron chi connectivity index (χ4n) is 0.0819. The van der Waals surface area contributed by atoms with Crippen molar-refractivity contribution in [2.24, 2.45) is 0 Å². The van der Waals surface area contributed by atoms with E-state index < -0.39 is 0 Å². The zero-order chi connectivity index (χ0) is 5.70. The summed E-state index contributed by atoms with van der Waals surface area (Å²) >= 11 is 0.667. The summed E-state index contributed by atoms with van der Waals surface area (Å²) < 4.78 is 8.57. The topological polar surface area (TPSA) is 35.5 Å². The van der Waals surface area contributed by atoms with E-state index in [2.05, 4.69) is 8.37 Å². The highest BCUT2D eigenvalue weighted by Crippen LogP contribution is 1.99. The van der Waals surface area contributed by atoms with E-state index in [1.165, 1.54) is 14.0 Å². The normalized spacial score (nSPS) is 8.29. The highest BCUT2D eigenvalue weighted by atomic mass is 32.2. The lowest BCUT2D eigenvalue weighted by Crippen LogP contribution is -1.88. The predicted octanol–water partition coefficient (Wildman–Crippen LogP) is 0.759. The van der Waals surface area contributed by atoms with E-state index in [0.717, 1.165) is 0 Å². The van der Waals surface area contributed by atoms with Crippen molar-refractivity contribution in [1.82, 2.24) is 0 Å². The van der Waals surface area contributed by atoms with Crippen molar-refractivity contribution < 1.29 is 13.2 Å². The molecule has 42 valence electrons. The summed E-state index contributed by atoms with van der Waals surface area (Å²) in [5.41, 5.74) is 0. The fraction of sp³-hybridized carbons (Fsp3) is 0.667. The Labute approximate surface area is 46.4 Å². The number of rotatable bonds is 2. The average Bonchev–Trinajstić information content (AvgIpc) is 1.61. The van der Waals surface area contributed by atoms with Crippen LogP contribution in [0.3, 0.4) is 0 Å². The molecule has 0 aromatic rings. The Morgan fingerprint density at radius 3 is 2.43 bits per heavy atom. The average molecular weight is 122 g/mol. The van der Waals surface area contributed by atoms with Gasteiger partial charge >= 0.3 is 5.97 Å². The second-order valence-corrected chi connectivity index (χ2v) is 1.45. The summed E-state index contributed by atoms with van der Waals surface area (Å²) in [5, 5.41) is 0. The van der Waals surface area contributed by atoms with Crippen molar-refractivity contribution in [2.75, 3.05) is 7.11 Å². The zero-order valence-corrected chi connectivity index (χ0v) is 4.95. The van der Waals surface area contributed by atoms with Gasteiger partial charge in [-0.1, -0.05) is 0 Å². The first-order valence-electron chi connectivity index (χ1n) is 1.65. The summed E-state index contributed by atoms with van der Waals surface area (Å²) in [4.78, 5) is 9.88. The molecule has 0 saturated heterocycles. The molecule has 0 aromatic heterocycles. The minimum absolute atomic E-state index is 0.355. The van der Waals surface area contributed by atoms with E-state index in [-0.39, 0.29) is 5.97 Å². The number of hydrogen-bond donors (Lipinski definition) is 0. The van der Waals surface area contributed by atoms with Crippen molar-refractivity contribution in [3.63, 3.8) is 0 Å². The highest BCUT2D eigenvalue weighted by Gasteiger charge is 1.88.